The summed E-state index contributed by atoms with van der Waals surface area (Å²) in [4.78, 5) is 10.8. The number of rotatable bonds is 4. The van der Waals surface area contributed by atoms with E-state index >= 15 is 0 Å². The zero-order valence-electron chi connectivity index (χ0n) is 16.4. The predicted octanol–water partition coefficient (Wildman–Crippen LogP) is 3.99. The van der Waals surface area contributed by atoms with E-state index in [-0.39, 0.29) is 5.60 Å². The molecule has 6 nitrogen and oxygen atoms in total. The van der Waals surface area contributed by atoms with Crippen LogP contribution in [0.3, 0.4) is 0 Å². The minimum absolute atomic E-state index is 0.0272. The molecule has 2 aliphatic heterocycles. The number of ether oxygens (including phenoxy) is 3. The van der Waals surface area contributed by atoms with Gasteiger partial charge < -0.3 is 19.1 Å². The number of piperidine rings is 1. The summed E-state index contributed by atoms with van der Waals surface area (Å²) in [5.74, 6) is 2.39. The summed E-state index contributed by atoms with van der Waals surface area (Å²) >= 11 is 0. The quantitative estimate of drug-likeness (QED) is 0.798. The van der Waals surface area contributed by atoms with Gasteiger partial charge in [-0.15, -0.1) is 0 Å². The lowest BCUT2D eigenvalue weighted by Gasteiger charge is -2.48. The predicted molar refractivity (Wildman–Crippen MR) is 105 cm³/mol. The van der Waals surface area contributed by atoms with Gasteiger partial charge in [-0.1, -0.05) is 6.42 Å². The van der Waals surface area contributed by atoms with Crippen molar-refractivity contribution in [3.05, 3.63) is 36.2 Å². The van der Waals surface area contributed by atoms with E-state index in [4.69, 9.17) is 14.2 Å². The summed E-state index contributed by atoms with van der Waals surface area (Å²) < 4.78 is 17.4. The number of aryl methyl sites for hydroxylation is 1. The number of hydrogen-bond donors (Lipinski definition) is 0. The largest absolute Gasteiger partial charge is 0.487 e. The lowest BCUT2D eigenvalue weighted by atomic mass is 9.81. The molecule has 1 aromatic heterocycles. The second-order valence-corrected chi connectivity index (χ2v) is 8.18. The van der Waals surface area contributed by atoms with Gasteiger partial charge in [0.15, 0.2) is 5.75 Å². The standard InChI is InChI=1S/C22H27N3O3/c1-26-21-23-14-19(15-24-21)27-18-5-6-20-16(13-18)7-8-22(28-20)9-11-25(12-10-22)17-3-2-4-17/h5-6,13-15,17H,2-4,7-12H2,1H3. The van der Waals surface area contributed by atoms with Crippen LogP contribution in [0.2, 0.25) is 0 Å². The number of hydrogen-bond acceptors (Lipinski definition) is 6. The molecule has 1 saturated heterocycles. The maximum absolute atomic E-state index is 6.55. The highest BCUT2D eigenvalue weighted by atomic mass is 16.5. The Hall–Kier alpha value is -2.34. The third kappa shape index (κ3) is 3.41. The Kier molecular flexibility index (Phi) is 4.59. The Morgan fingerprint density at radius 2 is 1.86 bits per heavy atom. The van der Waals surface area contributed by atoms with Crippen molar-refractivity contribution in [2.75, 3.05) is 20.2 Å². The van der Waals surface area contributed by atoms with Crippen LogP contribution in [0, 0.1) is 0 Å². The van der Waals surface area contributed by atoms with Crippen LogP contribution < -0.4 is 14.2 Å². The van der Waals surface area contributed by atoms with E-state index < -0.39 is 0 Å². The van der Waals surface area contributed by atoms with Crippen molar-refractivity contribution >= 4 is 0 Å². The van der Waals surface area contributed by atoms with E-state index in [1.165, 1.54) is 37.9 Å². The van der Waals surface area contributed by atoms with Crippen molar-refractivity contribution in [2.45, 2.75) is 56.6 Å². The van der Waals surface area contributed by atoms with E-state index in [0.717, 1.165) is 43.2 Å². The van der Waals surface area contributed by atoms with Gasteiger partial charge >= 0.3 is 6.01 Å². The monoisotopic (exact) mass is 381 g/mol. The van der Waals surface area contributed by atoms with E-state index in [0.29, 0.717) is 11.8 Å². The molecule has 2 fully saturated rings. The molecule has 28 heavy (non-hydrogen) atoms. The van der Waals surface area contributed by atoms with Gasteiger partial charge in [0.05, 0.1) is 19.5 Å². The van der Waals surface area contributed by atoms with Gasteiger partial charge in [0.2, 0.25) is 0 Å². The number of nitrogens with zero attached hydrogens (tertiary/aromatic N) is 3. The first-order valence-corrected chi connectivity index (χ1v) is 10.3. The van der Waals surface area contributed by atoms with Gasteiger partial charge in [-0.05, 0) is 62.3 Å². The summed E-state index contributed by atoms with van der Waals surface area (Å²) in [6.07, 6.45) is 11.8. The molecule has 0 N–H and O–H groups in total. The Balaban J connectivity index is 1.24. The molecule has 0 bridgehead atoms. The van der Waals surface area contributed by atoms with E-state index in [2.05, 4.69) is 20.9 Å². The first-order valence-electron chi connectivity index (χ1n) is 10.3. The van der Waals surface area contributed by atoms with Crippen molar-refractivity contribution in [2.24, 2.45) is 0 Å². The summed E-state index contributed by atoms with van der Waals surface area (Å²) in [7, 11) is 1.54. The van der Waals surface area contributed by atoms with Crippen LogP contribution in [0.25, 0.3) is 0 Å². The zero-order valence-corrected chi connectivity index (χ0v) is 16.4. The number of benzene rings is 1. The molecule has 1 aromatic carbocycles. The zero-order chi connectivity index (χ0) is 19.0. The van der Waals surface area contributed by atoms with Crippen molar-refractivity contribution in [3.8, 4) is 23.3 Å². The SMILES string of the molecule is COc1ncc(Oc2ccc3c(c2)CCC2(CCN(C4CCC4)CC2)O3)cn1. The molecule has 1 saturated carbocycles. The molecule has 3 aliphatic rings. The van der Waals surface area contributed by atoms with Gasteiger partial charge in [0.1, 0.15) is 17.1 Å². The number of aromatic nitrogens is 2. The molecule has 2 aromatic rings. The number of methoxy groups -OCH3 is 1. The topological polar surface area (TPSA) is 56.7 Å². The average molecular weight is 381 g/mol. The van der Waals surface area contributed by atoms with Crippen molar-refractivity contribution in [1.29, 1.82) is 0 Å². The second-order valence-electron chi connectivity index (χ2n) is 8.18. The summed E-state index contributed by atoms with van der Waals surface area (Å²) in [5, 5.41) is 0. The molecule has 6 heteroatoms. The fourth-order valence-corrected chi connectivity index (χ4v) is 4.56. The molecule has 148 valence electrons. The molecule has 0 unspecified atom stereocenters. The fraction of sp³-hybridized carbons (Fsp3) is 0.545. The summed E-state index contributed by atoms with van der Waals surface area (Å²) in [6, 6.07) is 7.27. The third-order valence-electron chi connectivity index (χ3n) is 6.53. The number of fused-ring (bicyclic) bond motifs is 1. The molecule has 1 spiro atoms. The van der Waals surface area contributed by atoms with Gasteiger partial charge in [-0.25, -0.2) is 0 Å². The molecule has 3 heterocycles. The van der Waals surface area contributed by atoms with Crippen LogP contribution in [-0.2, 0) is 6.42 Å². The summed E-state index contributed by atoms with van der Waals surface area (Å²) in [6.45, 7) is 2.36. The minimum Gasteiger partial charge on any atom is -0.487 e. The van der Waals surface area contributed by atoms with Crippen LogP contribution in [0.1, 0.15) is 44.1 Å². The van der Waals surface area contributed by atoms with Crippen LogP contribution in [-0.4, -0.2) is 46.7 Å². The van der Waals surface area contributed by atoms with Crippen LogP contribution in [0.5, 0.6) is 23.3 Å². The molecule has 0 amide bonds. The Morgan fingerprint density at radius 1 is 1.07 bits per heavy atom. The first-order chi connectivity index (χ1) is 13.7. The molecular weight excluding hydrogens is 354 g/mol. The Bertz CT molecular complexity index is 827. The third-order valence-corrected chi connectivity index (χ3v) is 6.53. The maximum atomic E-state index is 6.55. The maximum Gasteiger partial charge on any atom is 0.316 e. The number of likely N-dealkylation sites (tertiary alicyclic amines) is 1. The fourth-order valence-electron chi connectivity index (χ4n) is 4.56. The lowest BCUT2D eigenvalue weighted by Crippen LogP contribution is -2.53. The second kappa shape index (κ2) is 7.24. The highest BCUT2D eigenvalue weighted by molar-refractivity contribution is 5.43. The lowest BCUT2D eigenvalue weighted by molar-refractivity contribution is -0.0337. The van der Waals surface area contributed by atoms with Crippen molar-refractivity contribution in [3.63, 3.8) is 0 Å². The highest BCUT2D eigenvalue weighted by Gasteiger charge is 2.41. The molecular formula is C22H27N3O3. The smallest absolute Gasteiger partial charge is 0.316 e. The van der Waals surface area contributed by atoms with Crippen molar-refractivity contribution in [1.82, 2.24) is 14.9 Å². The highest BCUT2D eigenvalue weighted by Crippen LogP contribution is 2.42. The van der Waals surface area contributed by atoms with E-state index in [1.54, 1.807) is 19.5 Å². The normalized spacial score (nSPS) is 21.5. The Labute approximate surface area is 165 Å². The van der Waals surface area contributed by atoms with Crippen LogP contribution >= 0.6 is 0 Å². The average Bonchev–Trinajstić information content (AvgIpc) is 2.69. The van der Waals surface area contributed by atoms with Crippen molar-refractivity contribution < 1.29 is 14.2 Å². The van der Waals surface area contributed by atoms with Gasteiger partial charge in [-0.2, -0.15) is 9.97 Å². The van der Waals surface area contributed by atoms with E-state index in [1.807, 2.05) is 12.1 Å². The van der Waals surface area contributed by atoms with Crippen LogP contribution in [0.15, 0.2) is 30.6 Å². The molecule has 5 rings (SSSR count). The van der Waals surface area contributed by atoms with E-state index in [9.17, 15) is 0 Å². The Morgan fingerprint density at radius 3 is 2.54 bits per heavy atom. The van der Waals surface area contributed by atoms with Gasteiger partial charge in [0, 0.05) is 19.1 Å². The van der Waals surface area contributed by atoms with Crippen LogP contribution in [0.4, 0.5) is 0 Å². The summed E-state index contributed by atoms with van der Waals surface area (Å²) in [5.41, 5.74) is 1.25. The first kappa shape index (κ1) is 17.7. The molecule has 0 atom stereocenters. The molecule has 0 radical (unpaired) electrons. The molecule has 1 aliphatic carbocycles. The van der Waals surface area contributed by atoms with Gasteiger partial charge in [0.25, 0.3) is 0 Å². The van der Waals surface area contributed by atoms with Gasteiger partial charge in [-0.3, -0.25) is 0 Å². The minimum atomic E-state index is 0.0272.